The first-order chi connectivity index (χ1) is 10.2. The zero-order valence-electron chi connectivity index (χ0n) is 14.0. The van der Waals surface area contributed by atoms with Crippen LogP contribution in [-0.4, -0.2) is 29.3 Å². The molecule has 124 valence electrons. The van der Waals surface area contributed by atoms with Gasteiger partial charge in [0.05, 0.1) is 5.92 Å². The number of carbonyl (C=O) groups excluding carboxylic acids is 3. The van der Waals surface area contributed by atoms with Gasteiger partial charge in [0, 0.05) is 17.4 Å². The molecule has 2 aliphatic rings. The van der Waals surface area contributed by atoms with E-state index < -0.39 is 6.10 Å². The number of amides is 1. The third kappa shape index (κ3) is 4.08. The maximum atomic E-state index is 12.3. The molecular formula is C17H27NO4. The minimum atomic E-state index is -0.802. The molecule has 1 unspecified atom stereocenters. The van der Waals surface area contributed by atoms with Crippen LogP contribution in [0.4, 0.5) is 0 Å². The summed E-state index contributed by atoms with van der Waals surface area (Å²) in [4.78, 5) is 36.3. The Morgan fingerprint density at radius 1 is 1.18 bits per heavy atom. The highest BCUT2D eigenvalue weighted by Crippen LogP contribution is 2.40. The Labute approximate surface area is 132 Å². The first-order valence-electron chi connectivity index (χ1n) is 8.23. The van der Waals surface area contributed by atoms with Gasteiger partial charge in [0.15, 0.2) is 6.10 Å². The summed E-state index contributed by atoms with van der Waals surface area (Å²) in [5.74, 6) is -0.492. The van der Waals surface area contributed by atoms with Gasteiger partial charge < -0.3 is 10.1 Å². The fourth-order valence-electron chi connectivity index (χ4n) is 3.47. The minimum Gasteiger partial charge on any atom is -0.452 e. The van der Waals surface area contributed by atoms with Gasteiger partial charge >= 0.3 is 5.97 Å². The average Bonchev–Trinajstić information content (AvgIpc) is 2.35. The van der Waals surface area contributed by atoms with Gasteiger partial charge in [-0.15, -0.1) is 0 Å². The number of hydrogen-bond acceptors (Lipinski definition) is 4. The van der Waals surface area contributed by atoms with E-state index in [1.807, 2.05) is 20.8 Å². The van der Waals surface area contributed by atoms with Crippen molar-refractivity contribution in [1.82, 2.24) is 5.32 Å². The molecule has 5 heteroatoms. The number of Topliss-reactive ketones (excluding diaryl/α,β-unsaturated/α-hetero) is 1. The third-order valence-corrected chi connectivity index (χ3v) is 4.54. The van der Waals surface area contributed by atoms with Gasteiger partial charge in [0.2, 0.25) is 0 Å². The van der Waals surface area contributed by atoms with Crippen molar-refractivity contribution in [3.8, 4) is 0 Å². The lowest BCUT2D eigenvalue weighted by atomic mass is 9.67. The van der Waals surface area contributed by atoms with E-state index >= 15 is 0 Å². The SMILES string of the molecule is C[C@H](OC(=O)C1C[C@H]2CCC[C@@H](C1)C2=O)C(=O)NC(C)(C)C. The molecule has 1 amide bonds. The molecule has 22 heavy (non-hydrogen) atoms. The third-order valence-electron chi connectivity index (χ3n) is 4.54. The molecule has 4 atom stereocenters. The molecule has 2 bridgehead atoms. The molecule has 0 aromatic heterocycles. The van der Waals surface area contributed by atoms with E-state index in [1.54, 1.807) is 6.92 Å². The maximum Gasteiger partial charge on any atom is 0.309 e. The van der Waals surface area contributed by atoms with Gasteiger partial charge in [-0.25, -0.2) is 0 Å². The number of esters is 1. The highest BCUT2D eigenvalue weighted by molar-refractivity contribution is 5.88. The second-order valence-electron chi connectivity index (χ2n) is 7.71. The standard InChI is InChI=1S/C17H27NO4/c1-10(15(20)18-17(2,3)4)22-16(21)13-8-11-6-5-7-12(9-13)14(11)19/h10-13H,5-9H2,1-4H3,(H,18,20)/t10-,11-,12+,13?/m0/s1. The molecule has 0 spiro atoms. The number of hydrogen-bond donors (Lipinski definition) is 1. The van der Waals surface area contributed by atoms with Crippen molar-refractivity contribution in [3.05, 3.63) is 0 Å². The van der Waals surface area contributed by atoms with Crippen LogP contribution < -0.4 is 5.32 Å². The summed E-state index contributed by atoms with van der Waals surface area (Å²) < 4.78 is 5.34. The predicted octanol–water partition coefficient (Wildman–Crippen LogP) is 2.23. The van der Waals surface area contributed by atoms with E-state index in [2.05, 4.69) is 5.32 Å². The number of carbonyl (C=O) groups is 3. The van der Waals surface area contributed by atoms with Gasteiger partial charge in [0.25, 0.3) is 5.91 Å². The molecule has 0 heterocycles. The summed E-state index contributed by atoms with van der Waals surface area (Å²) in [5, 5.41) is 2.80. The van der Waals surface area contributed by atoms with Gasteiger partial charge in [-0.05, 0) is 53.4 Å². The second kappa shape index (κ2) is 6.39. The van der Waals surface area contributed by atoms with Crippen LogP contribution in [0.1, 0.15) is 59.8 Å². The van der Waals surface area contributed by atoms with E-state index in [0.717, 1.165) is 19.3 Å². The summed E-state index contributed by atoms with van der Waals surface area (Å²) >= 11 is 0. The highest BCUT2D eigenvalue weighted by Gasteiger charge is 2.42. The largest absolute Gasteiger partial charge is 0.452 e. The first kappa shape index (κ1) is 17.0. The number of ketones is 1. The van der Waals surface area contributed by atoms with Crippen molar-refractivity contribution in [2.45, 2.75) is 71.4 Å². The van der Waals surface area contributed by atoms with Crippen LogP contribution in [0.2, 0.25) is 0 Å². The van der Waals surface area contributed by atoms with E-state index in [-0.39, 0.29) is 35.2 Å². The van der Waals surface area contributed by atoms with Gasteiger partial charge in [-0.1, -0.05) is 6.42 Å². The number of rotatable bonds is 3. The molecular weight excluding hydrogens is 282 g/mol. The lowest BCUT2D eigenvalue weighted by Gasteiger charge is -2.36. The van der Waals surface area contributed by atoms with E-state index in [0.29, 0.717) is 18.6 Å². The molecule has 2 saturated carbocycles. The highest BCUT2D eigenvalue weighted by atomic mass is 16.5. The summed E-state index contributed by atoms with van der Waals surface area (Å²) in [6.07, 6.45) is 3.22. The Kier molecular flexibility index (Phi) is 4.93. The Morgan fingerprint density at radius 2 is 1.73 bits per heavy atom. The molecule has 2 fully saturated rings. The number of ether oxygens (including phenoxy) is 1. The van der Waals surface area contributed by atoms with Gasteiger partial charge in [-0.3, -0.25) is 14.4 Å². The Morgan fingerprint density at radius 3 is 2.23 bits per heavy atom. The van der Waals surface area contributed by atoms with E-state index in [1.165, 1.54) is 0 Å². The fourth-order valence-corrected chi connectivity index (χ4v) is 3.47. The van der Waals surface area contributed by atoms with Gasteiger partial charge in [0.1, 0.15) is 5.78 Å². The molecule has 0 radical (unpaired) electrons. The first-order valence-corrected chi connectivity index (χ1v) is 8.23. The van der Waals surface area contributed by atoms with Crippen molar-refractivity contribution < 1.29 is 19.1 Å². The molecule has 0 aliphatic heterocycles. The summed E-state index contributed by atoms with van der Waals surface area (Å²) in [5.41, 5.74) is -0.355. The summed E-state index contributed by atoms with van der Waals surface area (Å²) in [7, 11) is 0. The summed E-state index contributed by atoms with van der Waals surface area (Å²) in [6, 6.07) is 0. The average molecular weight is 309 g/mol. The second-order valence-corrected chi connectivity index (χ2v) is 7.71. The smallest absolute Gasteiger partial charge is 0.309 e. The van der Waals surface area contributed by atoms with Crippen molar-refractivity contribution in [2.24, 2.45) is 17.8 Å². The zero-order chi connectivity index (χ0) is 16.5. The quantitative estimate of drug-likeness (QED) is 0.811. The normalized spacial score (nSPS) is 29.6. The molecule has 2 aliphatic carbocycles. The fraction of sp³-hybridized carbons (Fsp3) is 0.824. The monoisotopic (exact) mass is 309 g/mol. The maximum absolute atomic E-state index is 12.3. The van der Waals surface area contributed by atoms with Crippen LogP contribution in [0.15, 0.2) is 0 Å². The van der Waals surface area contributed by atoms with Crippen LogP contribution >= 0.6 is 0 Å². The lowest BCUT2D eigenvalue weighted by Crippen LogP contribution is -2.47. The van der Waals surface area contributed by atoms with Crippen LogP contribution in [0, 0.1) is 17.8 Å². The Balaban J connectivity index is 1.90. The minimum absolute atomic E-state index is 0.0174. The van der Waals surface area contributed by atoms with Crippen LogP contribution in [-0.2, 0) is 19.1 Å². The number of nitrogens with one attached hydrogen (secondary N) is 1. The predicted molar refractivity (Wildman–Crippen MR) is 82.0 cm³/mol. The number of fused-ring (bicyclic) bond motifs is 2. The van der Waals surface area contributed by atoms with E-state index in [9.17, 15) is 14.4 Å². The molecule has 2 rings (SSSR count). The molecule has 0 aromatic rings. The Bertz CT molecular complexity index is 450. The van der Waals surface area contributed by atoms with Crippen molar-refractivity contribution >= 4 is 17.7 Å². The van der Waals surface area contributed by atoms with Crippen molar-refractivity contribution in [1.29, 1.82) is 0 Å². The zero-order valence-corrected chi connectivity index (χ0v) is 14.0. The lowest BCUT2D eigenvalue weighted by molar-refractivity contribution is -0.162. The van der Waals surface area contributed by atoms with Crippen molar-refractivity contribution in [2.75, 3.05) is 0 Å². The molecule has 0 aromatic carbocycles. The van der Waals surface area contributed by atoms with Crippen LogP contribution in [0.25, 0.3) is 0 Å². The van der Waals surface area contributed by atoms with Crippen molar-refractivity contribution in [3.63, 3.8) is 0 Å². The molecule has 0 saturated heterocycles. The topological polar surface area (TPSA) is 72.5 Å². The molecule has 1 N–H and O–H groups in total. The van der Waals surface area contributed by atoms with Gasteiger partial charge in [-0.2, -0.15) is 0 Å². The van der Waals surface area contributed by atoms with E-state index in [4.69, 9.17) is 4.74 Å². The van der Waals surface area contributed by atoms with Crippen LogP contribution in [0.3, 0.4) is 0 Å². The van der Waals surface area contributed by atoms with Crippen LogP contribution in [0.5, 0.6) is 0 Å². The molecule has 5 nitrogen and oxygen atoms in total. The summed E-state index contributed by atoms with van der Waals surface area (Å²) in [6.45, 7) is 7.24. The Hall–Kier alpha value is -1.39.